The summed E-state index contributed by atoms with van der Waals surface area (Å²) in [6, 6.07) is 0. The van der Waals surface area contributed by atoms with Crippen molar-refractivity contribution in [2.75, 3.05) is 70.5 Å². The van der Waals surface area contributed by atoms with Crippen molar-refractivity contribution in [3.05, 3.63) is 0 Å². The molecule has 0 fully saturated rings. The first-order valence-electron chi connectivity index (χ1n) is 5.15. The van der Waals surface area contributed by atoms with Gasteiger partial charge in [-0.25, -0.2) is 0 Å². The van der Waals surface area contributed by atoms with Gasteiger partial charge in [0.25, 0.3) is 0 Å². The van der Waals surface area contributed by atoms with Crippen LogP contribution in [0.5, 0.6) is 0 Å². The van der Waals surface area contributed by atoms with Crippen LogP contribution in [-0.2, 0) is 0 Å². The fourth-order valence-electron chi connectivity index (χ4n) is 0. The Morgan fingerprint density at radius 2 is 0.857 bits per heavy atom. The van der Waals surface area contributed by atoms with E-state index in [0.29, 0.717) is 0 Å². The summed E-state index contributed by atoms with van der Waals surface area (Å²) in [7, 11) is 20.5. The van der Waals surface area contributed by atoms with Gasteiger partial charge in [0.15, 0.2) is 0 Å². The number of nitrogens with two attached hydrogens (primary N) is 1. The molecule has 0 aromatic carbocycles. The summed E-state index contributed by atoms with van der Waals surface area (Å²) in [5.41, 5.74) is 3.25. The number of nitrogens with zero attached hydrogens (tertiary/aromatic N) is 1. The molecular weight excluding hydrogens is 176 g/mol. The fourth-order valence-corrected chi connectivity index (χ4v) is 0. The third-order valence-corrected chi connectivity index (χ3v) is 0. The molecule has 0 bridgehead atoms. The quantitative estimate of drug-likeness (QED) is 0.353. The van der Waals surface area contributed by atoms with Crippen LogP contribution >= 0.6 is 0 Å². The van der Waals surface area contributed by atoms with Crippen molar-refractivity contribution in [2.24, 2.45) is 0 Å². The maximum atomic E-state index is 3.25. The van der Waals surface area contributed by atoms with Crippen LogP contribution in [0.2, 0.25) is 0 Å². The summed E-state index contributed by atoms with van der Waals surface area (Å²) in [6.45, 7) is 0. The normalized spacial score (nSPS) is 8.57. The van der Waals surface area contributed by atoms with Crippen LogP contribution < -0.4 is 16.0 Å². The molecule has 92 valence electrons. The first-order chi connectivity index (χ1) is 6.15. The molecule has 6 N–H and O–H groups in total. The zero-order valence-electron chi connectivity index (χ0n) is 12.2. The van der Waals surface area contributed by atoms with Crippen LogP contribution in [0.25, 0.3) is 0 Å². The van der Waals surface area contributed by atoms with Gasteiger partial charge in [0.05, 0.1) is 70.5 Å². The van der Waals surface area contributed by atoms with E-state index >= 15 is 0 Å². The molecule has 0 atom stereocenters. The van der Waals surface area contributed by atoms with E-state index in [1.54, 1.807) is 7.05 Å². The van der Waals surface area contributed by atoms with Gasteiger partial charge in [-0.3, -0.25) is 0 Å². The number of hydrogen-bond acceptors (Lipinski definition) is 0. The molecule has 0 aliphatic carbocycles. The Bertz CT molecular complexity index is 58.3. The van der Waals surface area contributed by atoms with Crippen molar-refractivity contribution in [1.29, 1.82) is 0 Å². The molecule has 0 unspecified atom stereocenters. The Hall–Kier alpha value is -0.160. The minimum atomic E-state index is 1.00. The molecule has 4 nitrogen and oxygen atoms in total. The van der Waals surface area contributed by atoms with Gasteiger partial charge in [-0.15, -0.1) is 0 Å². The van der Waals surface area contributed by atoms with Gasteiger partial charge in [0.1, 0.15) is 0 Å². The number of hydrogen-bond donors (Lipinski definition) is 3. The van der Waals surface area contributed by atoms with E-state index in [9.17, 15) is 0 Å². The molecular formula is C10H36N4+4. The van der Waals surface area contributed by atoms with Crippen LogP contribution in [0.15, 0.2) is 0 Å². The van der Waals surface area contributed by atoms with Gasteiger partial charge in [0, 0.05) is 0 Å². The topological polar surface area (TPSA) is 48.7 Å². The molecule has 0 saturated heterocycles. The molecule has 0 radical (unpaired) electrons. The summed E-state index contributed by atoms with van der Waals surface area (Å²) in [5, 5.41) is 2.00. The summed E-state index contributed by atoms with van der Waals surface area (Å²) >= 11 is 0. The van der Waals surface area contributed by atoms with Gasteiger partial charge in [0.2, 0.25) is 0 Å². The van der Waals surface area contributed by atoms with Crippen molar-refractivity contribution < 1.29 is 20.4 Å². The van der Waals surface area contributed by atoms with Crippen LogP contribution in [-0.4, -0.2) is 75.0 Å². The van der Waals surface area contributed by atoms with Gasteiger partial charge in [-0.2, -0.15) is 0 Å². The first-order valence-corrected chi connectivity index (χ1v) is 5.15. The van der Waals surface area contributed by atoms with Crippen molar-refractivity contribution in [2.45, 2.75) is 0 Å². The lowest BCUT2D eigenvalue weighted by atomic mass is 10.8. The average molecular weight is 212 g/mol. The highest BCUT2D eigenvalue weighted by atomic mass is 15.2. The van der Waals surface area contributed by atoms with E-state index in [0.717, 1.165) is 4.48 Å². The highest BCUT2D eigenvalue weighted by Gasteiger charge is 1.88. The third kappa shape index (κ3) is 54300. The highest BCUT2D eigenvalue weighted by Crippen LogP contribution is 1.73. The van der Waals surface area contributed by atoms with E-state index in [1.807, 2.05) is 19.4 Å². The van der Waals surface area contributed by atoms with Crippen molar-refractivity contribution in [1.82, 2.24) is 0 Å². The third-order valence-electron chi connectivity index (χ3n) is 0. The molecule has 4 heteroatoms. The van der Waals surface area contributed by atoms with E-state index in [4.69, 9.17) is 0 Å². The molecule has 0 amide bonds. The molecule has 0 saturated carbocycles. The van der Waals surface area contributed by atoms with Gasteiger partial charge >= 0.3 is 0 Å². The number of nitrogens with one attached hydrogen (secondary N) is 1. The second kappa shape index (κ2) is 18.6. The lowest BCUT2D eigenvalue weighted by molar-refractivity contribution is -0.849. The number of rotatable bonds is 0. The molecule has 0 aromatic rings. The Morgan fingerprint density at radius 1 is 0.857 bits per heavy atom. The lowest BCUT2D eigenvalue weighted by Gasteiger charge is -2.14. The molecule has 0 spiro atoms. The zero-order valence-corrected chi connectivity index (χ0v) is 12.2. The lowest BCUT2D eigenvalue weighted by Crippen LogP contribution is -3.02. The Balaban J connectivity index is -0.0000000505. The van der Waals surface area contributed by atoms with Gasteiger partial charge in [-0.1, -0.05) is 0 Å². The number of quaternary nitrogens is 4. The van der Waals surface area contributed by atoms with Crippen molar-refractivity contribution in [3.8, 4) is 0 Å². The summed E-state index contributed by atoms with van der Waals surface area (Å²) in [5.74, 6) is 0. The average Bonchev–Trinajstić information content (AvgIpc) is 1.87. The minimum absolute atomic E-state index is 1.00. The molecule has 14 heavy (non-hydrogen) atoms. The largest absolute Gasteiger partial charge is 0.360 e. The van der Waals surface area contributed by atoms with Gasteiger partial charge < -0.3 is 20.4 Å². The maximum Gasteiger partial charge on any atom is 0.0675 e. The summed E-state index contributed by atoms with van der Waals surface area (Å²) in [4.78, 5) is 1.42. The molecule has 0 heterocycles. The predicted molar refractivity (Wildman–Crippen MR) is 65.3 cm³/mol. The zero-order chi connectivity index (χ0) is 12.8. The second-order valence-electron chi connectivity index (χ2n) is 4.76. The fraction of sp³-hybridized carbons (Fsp3) is 1.00. The monoisotopic (exact) mass is 212 g/mol. The SMILES string of the molecule is C[N+](C)(C)C.C[NH+](C)C.C[NH2+]C.C[NH3+]. The minimum Gasteiger partial charge on any atom is -0.360 e. The van der Waals surface area contributed by atoms with Crippen LogP contribution in [0.1, 0.15) is 0 Å². The maximum absolute atomic E-state index is 3.25. The standard InChI is InChI=1S/C4H12N.C3H9N.C2H7N.CH5N/c1-5(2,3)4;1-4(2)3;1-3-2;1-2/h1-4H3;1-3H3;3H,1-2H3;2H2,1H3/q+1;;;/p+3. The molecule has 0 aliphatic rings. The van der Waals surface area contributed by atoms with Crippen LogP contribution in [0.4, 0.5) is 0 Å². The van der Waals surface area contributed by atoms with Crippen LogP contribution in [0.3, 0.4) is 0 Å². The van der Waals surface area contributed by atoms with Gasteiger partial charge in [-0.05, 0) is 0 Å². The Morgan fingerprint density at radius 3 is 0.857 bits per heavy atom. The second-order valence-corrected chi connectivity index (χ2v) is 4.76. The molecule has 0 aromatic heterocycles. The van der Waals surface area contributed by atoms with E-state index in [-0.39, 0.29) is 0 Å². The smallest absolute Gasteiger partial charge is 0.0675 e. The Kier molecular flexibility index (Phi) is 31.3. The predicted octanol–water partition coefficient (Wildman–Crippen LogP) is -3.25. The first kappa shape index (κ1) is 23.6. The molecule has 0 aliphatic heterocycles. The van der Waals surface area contributed by atoms with E-state index < -0.39 is 0 Å². The summed E-state index contributed by atoms with van der Waals surface area (Å²) < 4.78 is 1.00. The summed E-state index contributed by atoms with van der Waals surface area (Å²) in [6.07, 6.45) is 0. The Labute approximate surface area is 91.7 Å². The highest BCUT2D eigenvalue weighted by molar-refractivity contribution is 3.87. The molecule has 0 rings (SSSR count). The van der Waals surface area contributed by atoms with Crippen molar-refractivity contribution >= 4 is 0 Å². The van der Waals surface area contributed by atoms with Crippen LogP contribution in [0, 0.1) is 0 Å². The van der Waals surface area contributed by atoms with E-state index in [1.165, 1.54) is 4.90 Å². The van der Waals surface area contributed by atoms with Crippen molar-refractivity contribution in [3.63, 3.8) is 0 Å². The van der Waals surface area contributed by atoms with E-state index in [2.05, 4.69) is 55.1 Å².